The summed E-state index contributed by atoms with van der Waals surface area (Å²) in [6.07, 6.45) is 2.05. The van der Waals surface area contributed by atoms with E-state index in [-0.39, 0.29) is 5.82 Å². The number of fused-ring (bicyclic) bond motifs is 1. The number of benzene rings is 1. The smallest absolute Gasteiger partial charge is 0.132 e. The molecule has 1 atom stereocenters. The molecule has 1 aromatic rings. The van der Waals surface area contributed by atoms with Gasteiger partial charge in [-0.25, -0.2) is 4.39 Å². The van der Waals surface area contributed by atoms with Gasteiger partial charge in [0.2, 0.25) is 0 Å². The van der Waals surface area contributed by atoms with Crippen molar-refractivity contribution in [1.82, 2.24) is 5.32 Å². The second kappa shape index (κ2) is 4.29. The fourth-order valence-corrected chi connectivity index (χ4v) is 2.20. The first-order valence-electron chi connectivity index (χ1n) is 5.37. The van der Waals surface area contributed by atoms with Gasteiger partial charge in [-0.2, -0.15) is 0 Å². The fourth-order valence-electron chi connectivity index (χ4n) is 2.20. The highest BCUT2D eigenvalue weighted by atomic mass is 19.1. The third-order valence-electron chi connectivity index (χ3n) is 3.00. The zero-order valence-corrected chi connectivity index (χ0v) is 8.89. The number of aliphatic hydroxyl groups is 1. The number of aliphatic hydroxyl groups excluding tert-OH is 1. The summed E-state index contributed by atoms with van der Waals surface area (Å²) in [7, 11) is 1.74. The Hall–Kier alpha value is -0.930. The first-order chi connectivity index (χ1) is 7.24. The average molecular weight is 209 g/mol. The van der Waals surface area contributed by atoms with E-state index in [1.165, 1.54) is 0 Å². The maximum atomic E-state index is 14.0. The van der Waals surface area contributed by atoms with Crippen LogP contribution in [0.1, 0.15) is 29.2 Å². The summed E-state index contributed by atoms with van der Waals surface area (Å²) in [5.41, 5.74) is 2.33. The van der Waals surface area contributed by atoms with Gasteiger partial charge < -0.3 is 10.4 Å². The lowest BCUT2D eigenvalue weighted by atomic mass is 10.0. The molecule has 0 saturated heterocycles. The van der Waals surface area contributed by atoms with Crippen molar-refractivity contribution >= 4 is 0 Å². The van der Waals surface area contributed by atoms with Crippen LogP contribution in [0.2, 0.25) is 0 Å². The summed E-state index contributed by atoms with van der Waals surface area (Å²) in [5.74, 6) is -0.201. The first-order valence-corrected chi connectivity index (χ1v) is 5.37. The minimum Gasteiger partial charge on any atom is -0.387 e. The van der Waals surface area contributed by atoms with Crippen molar-refractivity contribution in [2.24, 2.45) is 0 Å². The molecule has 2 rings (SSSR count). The molecule has 82 valence electrons. The van der Waals surface area contributed by atoms with Crippen LogP contribution >= 0.6 is 0 Å². The van der Waals surface area contributed by atoms with Crippen LogP contribution in [0.25, 0.3) is 0 Å². The molecule has 0 fully saturated rings. The van der Waals surface area contributed by atoms with Gasteiger partial charge in [0.25, 0.3) is 0 Å². The summed E-state index contributed by atoms with van der Waals surface area (Å²) in [5, 5.41) is 12.6. The molecule has 0 spiro atoms. The monoisotopic (exact) mass is 209 g/mol. The van der Waals surface area contributed by atoms with Crippen LogP contribution in [0, 0.1) is 5.82 Å². The van der Waals surface area contributed by atoms with Gasteiger partial charge in [-0.05, 0) is 37.4 Å². The number of rotatable bonds is 3. The Morgan fingerprint density at radius 2 is 2.27 bits per heavy atom. The first kappa shape index (κ1) is 10.6. The summed E-state index contributed by atoms with van der Waals surface area (Å²) >= 11 is 0. The van der Waals surface area contributed by atoms with Gasteiger partial charge >= 0.3 is 0 Å². The highest BCUT2D eigenvalue weighted by molar-refractivity contribution is 5.38. The van der Waals surface area contributed by atoms with E-state index in [0.29, 0.717) is 12.1 Å². The van der Waals surface area contributed by atoms with Crippen molar-refractivity contribution in [2.45, 2.75) is 25.4 Å². The standard InChI is InChI=1S/C12H16FNO/c1-14-7-11(15)10-6-5-8-3-2-4-9(8)12(10)13/h5-6,11,14-15H,2-4,7H2,1H3. The molecule has 0 saturated carbocycles. The quantitative estimate of drug-likeness (QED) is 0.792. The van der Waals surface area contributed by atoms with Gasteiger partial charge in [-0.3, -0.25) is 0 Å². The van der Waals surface area contributed by atoms with E-state index in [2.05, 4.69) is 5.32 Å². The lowest BCUT2D eigenvalue weighted by Gasteiger charge is -2.13. The molecule has 1 unspecified atom stereocenters. The van der Waals surface area contributed by atoms with Crippen LogP contribution in [0.5, 0.6) is 0 Å². The van der Waals surface area contributed by atoms with Gasteiger partial charge in [0.05, 0.1) is 6.10 Å². The molecule has 0 radical (unpaired) electrons. The van der Waals surface area contributed by atoms with Crippen molar-refractivity contribution < 1.29 is 9.50 Å². The molecule has 0 bridgehead atoms. The number of nitrogens with one attached hydrogen (secondary N) is 1. The Morgan fingerprint density at radius 1 is 1.47 bits per heavy atom. The van der Waals surface area contributed by atoms with E-state index in [1.807, 2.05) is 6.07 Å². The van der Waals surface area contributed by atoms with Gasteiger partial charge in [-0.1, -0.05) is 12.1 Å². The predicted molar refractivity (Wildman–Crippen MR) is 57.3 cm³/mol. The number of likely N-dealkylation sites (N-methyl/N-ethyl adjacent to an activating group) is 1. The van der Waals surface area contributed by atoms with Crippen LogP contribution in [0.4, 0.5) is 4.39 Å². The topological polar surface area (TPSA) is 32.3 Å². The number of hydrogen-bond acceptors (Lipinski definition) is 2. The Balaban J connectivity index is 2.33. The third kappa shape index (κ3) is 1.90. The minimum atomic E-state index is -0.749. The van der Waals surface area contributed by atoms with E-state index in [4.69, 9.17) is 0 Å². The van der Waals surface area contributed by atoms with Crippen molar-refractivity contribution in [2.75, 3.05) is 13.6 Å². The highest BCUT2D eigenvalue weighted by Crippen LogP contribution is 2.29. The Kier molecular flexibility index (Phi) is 3.03. The minimum absolute atomic E-state index is 0.201. The van der Waals surface area contributed by atoms with Crippen LogP contribution in [0.3, 0.4) is 0 Å². The molecule has 15 heavy (non-hydrogen) atoms. The molecule has 0 amide bonds. The molecule has 0 aromatic heterocycles. The summed E-state index contributed by atoms with van der Waals surface area (Å²) < 4.78 is 14.0. The van der Waals surface area contributed by atoms with Crippen LogP contribution in [0.15, 0.2) is 12.1 Å². The lowest BCUT2D eigenvalue weighted by molar-refractivity contribution is 0.173. The Bertz CT molecular complexity index is 365. The van der Waals surface area contributed by atoms with Gasteiger partial charge in [0.1, 0.15) is 5.82 Å². The zero-order chi connectivity index (χ0) is 10.8. The van der Waals surface area contributed by atoms with E-state index < -0.39 is 6.10 Å². The lowest BCUT2D eigenvalue weighted by Crippen LogP contribution is -2.18. The molecule has 1 aliphatic carbocycles. The van der Waals surface area contributed by atoms with E-state index >= 15 is 0 Å². The average Bonchev–Trinajstić information content (AvgIpc) is 2.67. The Morgan fingerprint density at radius 3 is 3.00 bits per heavy atom. The molecule has 2 nitrogen and oxygen atoms in total. The molecule has 2 N–H and O–H groups in total. The normalized spacial score (nSPS) is 16.5. The van der Waals surface area contributed by atoms with Crippen LogP contribution in [-0.4, -0.2) is 18.7 Å². The summed E-state index contributed by atoms with van der Waals surface area (Å²) in [4.78, 5) is 0. The SMILES string of the molecule is CNCC(O)c1ccc2c(c1F)CCC2. The number of halogens is 1. The fraction of sp³-hybridized carbons (Fsp3) is 0.500. The molecule has 1 aliphatic rings. The number of hydrogen-bond donors (Lipinski definition) is 2. The maximum Gasteiger partial charge on any atom is 0.132 e. The predicted octanol–water partition coefficient (Wildman–Crippen LogP) is 1.57. The summed E-state index contributed by atoms with van der Waals surface area (Å²) in [6, 6.07) is 3.65. The van der Waals surface area contributed by atoms with E-state index in [9.17, 15) is 9.50 Å². The van der Waals surface area contributed by atoms with Gasteiger partial charge in [0, 0.05) is 12.1 Å². The molecule has 1 aromatic carbocycles. The second-order valence-corrected chi connectivity index (χ2v) is 4.03. The third-order valence-corrected chi connectivity index (χ3v) is 3.00. The van der Waals surface area contributed by atoms with E-state index in [0.717, 1.165) is 30.4 Å². The molecular weight excluding hydrogens is 193 g/mol. The van der Waals surface area contributed by atoms with E-state index in [1.54, 1.807) is 13.1 Å². The molecule has 0 aliphatic heterocycles. The molecule has 3 heteroatoms. The van der Waals surface area contributed by atoms with Crippen molar-refractivity contribution in [3.8, 4) is 0 Å². The van der Waals surface area contributed by atoms with Gasteiger partial charge in [0.15, 0.2) is 0 Å². The largest absolute Gasteiger partial charge is 0.387 e. The Labute approximate surface area is 89.1 Å². The van der Waals surface area contributed by atoms with Crippen LogP contribution < -0.4 is 5.32 Å². The highest BCUT2D eigenvalue weighted by Gasteiger charge is 2.20. The van der Waals surface area contributed by atoms with Crippen LogP contribution in [-0.2, 0) is 12.8 Å². The summed E-state index contributed by atoms with van der Waals surface area (Å²) in [6.45, 7) is 0.385. The van der Waals surface area contributed by atoms with Crippen molar-refractivity contribution in [1.29, 1.82) is 0 Å². The second-order valence-electron chi connectivity index (χ2n) is 4.03. The van der Waals surface area contributed by atoms with Crippen molar-refractivity contribution in [3.63, 3.8) is 0 Å². The maximum absolute atomic E-state index is 14.0. The van der Waals surface area contributed by atoms with Crippen molar-refractivity contribution in [3.05, 3.63) is 34.6 Å². The zero-order valence-electron chi connectivity index (χ0n) is 8.89. The number of aryl methyl sites for hydroxylation is 1. The molecule has 0 heterocycles. The molecular formula is C12H16FNO. The van der Waals surface area contributed by atoms with Gasteiger partial charge in [-0.15, -0.1) is 0 Å².